The highest BCUT2D eigenvalue weighted by atomic mass is 32.1. The van der Waals surface area contributed by atoms with Crippen molar-refractivity contribution >= 4 is 46.0 Å². The Labute approximate surface area is 208 Å². The maximum Gasteiger partial charge on any atom is 0.248 e. The summed E-state index contributed by atoms with van der Waals surface area (Å²) in [6.07, 6.45) is 5.58. The summed E-state index contributed by atoms with van der Waals surface area (Å²) < 4.78 is 0. The Morgan fingerprint density at radius 2 is 1.74 bits per heavy atom. The van der Waals surface area contributed by atoms with E-state index in [0.717, 1.165) is 41.0 Å². The lowest BCUT2D eigenvalue weighted by Crippen LogP contribution is -2.47. The van der Waals surface area contributed by atoms with Crippen molar-refractivity contribution in [2.24, 2.45) is 0 Å². The fraction of sp³-hybridized carbons (Fsp3) is 0.370. The van der Waals surface area contributed by atoms with Gasteiger partial charge in [0.1, 0.15) is 6.04 Å². The maximum atomic E-state index is 13.8. The van der Waals surface area contributed by atoms with E-state index in [1.165, 1.54) is 36.0 Å². The van der Waals surface area contributed by atoms with Gasteiger partial charge in [0.2, 0.25) is 11.8 Å². The molecule has 1 fully saturated rings. The molecule has 2 heterocycles. The van der Waals surface area contributed by atoms with Crippen molar-refractivity contribution in [1.29, 1.82) is 0 Å². The summed E-state index contributed by atoms with van der Waals surface area (Å²) in [5.41, 5.74) is 2.18. The zero-order chi connectivity index (χ0) is 24.1. The van der Waals surface area contributed by atoms with Crippen molar-refractivity contribution < 1.29 is 14.4 Å². The van der Waals surface area contributed by atoms with Gasteiger partial charge in [0.15, 0.2) is 5.78 Å². The van der Waals surface area contributed by atoms with Crippen molar-refractivity contribution in [3.05, 3.63) is 74.1 Å². The van der Waals surface area contributed by atoms with Crippen LogP contribution in [0.5, 0.6) is 0 Å². The number of benzene rings is 1. The van der Waals surface area contributed by atoms with Crippen LogP contribution in [0, 0.1) is 6.92 Å². The van der Waals surface area contributed by atoms with Gasteiger partial charge in [0.25, 0.3) is 0 Å². The fourth-order valence-electron chi connectivity index (χ4n) is 4.49. The Morgan fingerprint density at radius 3 is 2.32 bits per heavy atom. The topological polar surface area (TPSA) is 66.5 Å². The third-order valence-electron chi connectivity index (χ3n) is 6.33. The van der Waals surface area contributed by atoms with Gasteiger partial charge in [-0.15, -0.1) is 22.7 Å². The Balaban J connectivity index is 1.74. The molecule has 0 bridgehead atoms. The maximum absolute atomic E-state index is 13.8. The summed E-state index contributed by atoms with van der Waals surface area (Å²) in [4.78, 5) is 42.8. The number of hydrogen-bond donors (Lipinski definition) is 1. The molecule has 1 saturated carbocycles. The number of Topliss-reactive ketones (excluding diaryl/α,β-unsaturated/α-hetero) is 1. The van der Waals surface area contributed by atoms with Crippen molar-refractivity contribution in [1.82, 2.24) is 5.32 Å². The number of thiophene rings is 2. The monoisotopic (exact) mass is 494 g/mol. The van der Waals surface area contributed by atoms with E-state index >= 15 is 0 Å². The Hall–Kier alpha value is -2.77. The minimum Gasteiger partial charge on any atom is -0.351 e. The number of anilines is 1. The highest BCUT2D eigenvalue weighted by Gasteiger charge is 2.35. The molecule has 1 unspecified atom stereocenters. The van der Waals surface area contributed by atoms with Crippen molar-refractivity contribution in [3.8, 4) is 0 Å². The summed E-state index contributed by atoms with van der Waals surface area (Å²) in [7, 11) is 0. The summed E-state index contributed by atoms with van der Waals surface area (Å²) >= 11 is 3.03. The standard InChI is InChI=1S/C27H30N2O3S2/c1-18-14-16-34-26(18)25(27(32)28-21-7-4-3-5-8-21)29(24(31)17-23-9-6-15-33-23)22-12-10-20(11-13-22)19(2)30/h6,9-16,21,25H,3-5,7-8,17H2,1-2H3,(H,28,32). The minimum atomic E-state index is -0.766. The van der Waals surface area contributed by atoms with E-state index in [1.807, 2.05) is 35.9 Å². The van der Waals surface area contributed by atoms with Gasteiger partial charge in [-0.25, -0.2) is 0 Å². The molecular formula is C27H30N2O3S2. The molecule has 178 valence electrons. The van der Waals surface area contributed by atoms with E-state index in [9.17, 15) is 14.4 Å². The third-order valence-corrected chi connectivity index (χ3v) is 8.28. The predicted octanol–water partition coefficient (Wildman–Crippen LogP) is 6.09. The van der Waals surface area contributed by atoms with Crippen molar-refractivity contribution in [3.63, 3.8) is 0 Å². The molecule has 1 aliphatic carbocycles. The SMILES string of the molecule is CC(=O)c1ccc(N(C(=O)Cc2cccs2)C(C(=O)NC2CCCCC2)c2sccc2C)cc1. The fourth-order valence-corrected chi connectivity index (χ4v) is 6.20. The number of nitrogens with one attached hydrogen (secondary N) is 1. The van der Waals surface area contributed by atoms with Gasteiger partial charge in [-0.1, -0.05) is 25.3 Å². The highest BCUT2D eigenvalue weighted by Crippen LogP contribution is 2.34. The van der Waals surface area contributed by atoms with Crippen LogP contribution in [0.15, 0.2) is 53.2 Å². The van der Waals surface area contributed by atoms with Gasteiger partial charge >= 0.3 is 0 Å². The molecule has 1 N–H and O–H groups in total. The molecule has 0 aliphatic heterocycles. The Kier molecular flexibility index (Phi) is 7.95. The van der Waals surface area contributed by atoms with Crippen LogP contribution in [-0.4, -0.2) is 23.6 Å². The summed E-state index contributed by atoms with van der Waals surface area (Å²) in [5.74, 6) is -0.328. The number of aryl methyl sites for hydroxylation is 1. The molecular weight excluding hydrogens is 464 g/mol. The number of rotatable bonds is 8. The van der Waals surface area contributed by atoms with Crippen LogP contribution in [0.3, 0.4) is 0 Å². The number of amides is 2. The zero-order valence-electron chi connectivity index (χ0n) is 19.6. The first-order valence-corrected chi connectivity index (χ1v) is 13.5. The van der Waals surface area contributed by atoms with Crippen molar-refractivity contribution in [2.75, 3.05) is 4.90 Å². The summed E-state index contributed by atoms with van der Waals surface area (Å²) in [6, 6.07) is 12.2. The molecule has 5 nitrogen and oxygen atoms in total. The number of nitrogens with zero attached hydrogens (tertiary/aromatic N) is 1. The van der Waals surface area contributed by atoms with Gasteiger partial charge < -0.3 is 5.32 Å². The first-order chi connectivity index (χ1) is 16.4. The van der Waals surface area contributed by atoms with E-state index in [0.29, 0.717) is 11.3 Å². The molecule has 4 rings (SSSR count). The van der Waals surface area contributed by atoms with Crippen LogP contribution in [-0.2, 0) is 16.0 Å². The lowest BCUT2D eigenvalue weighted by Gasteiger charge is -2.33. The Bertz CT molecular complexity index is 1130. The van der Waals surface area contributed by atoms with Gasteiger partial charge in [0.05, 0.1) is 6.42 Å². The molecule has 0 saturated heterocycles. The molecule has 1 atom stereocenters. The smallest absolute Gasteiger partial charge is 0.248 e. The van der Waals surface area contributed by atoms with Crippen LogP contribution in [0.2, 0.25) is 0 Å². The second-order valence-electron chi connectivity index (χ2n) is 8.84. The molecule has 7 heteroatoms. The molecule has 0 radical (unpaired) electrons. The average molecular weight is 495 g/mol. The van der Waals surface area contributed by atoms with Gasteiger partial charge in [-0.3, -0.25) is 19.3 Å². The molecule has 3 aromatic rings. The first-order valence-electron chi connectivity index (χ1n) is 11.7. The normalized spacial score (nSPS) is 15.0. The number of carbonyl (C=O) groups is 3. The molecule has 0 spiro atoms. The van der Waals surface area contributed by atoms with E-state index in [1.54, 1.807) is 29.2 Å². The van der Waals surface area contributed by atoms with E-state index in [2.05, 4.69) is 5.32 Å². The lowest BCUT2D eigenvalue weighted by atomic mass is 9.95. The minimum absolute atomic E-state index is 0.0382. The first kappa shape index (κ1) is 24.4. The van der Waals surface area contributed by atoms with E-state index in [4.69, 9.17) is 0 Å². The van der Waals surface area contributed by atoms with Crippen LogP contribution >= 0.6 is 22.7 Å². The van der Waals surface area contributed by atoms with Gasteiger partial charge in [0, 0.05) is 27.0 Å². The van der Waals surface area contributed by atoms with Crippen LogP contribution in [0.4, 0.5) is 5.69 Å². The van der Waals surface area contributed by atoms with E-state index < -0.39 is 6.04 Å². The number of ketones is 1. The molecule has 2 amide bonds. The van der Waals surface area contributed by atoms with Crippen LogP contribution in [0.25, 0.3) is 0 Å². The van der Waals surface area contributed by atoms with Crippen LogP contribution < -0.4 is 10.2 Å². The quantitative estimate of drug-likeness (QED) is 0.386. The Morgan fingerprint density at radius 1 is 1.00 bits per heavy atom. The van der Waals surface area contributed by atoms with Crippen LogP contribution in [0.1, 0.15) is 70.7 Å². The molecule has 34 heavy (non-hydrogen) atoms. The average Bonchev–Trinajstić information content (AvgIpc) is 3.49. The zero-order valence-corrected chi connectivity index (χ0v) is 21.2. The molecule has 1 aromatic carbocycles. The van der Waals surface area contributed by atoms with Gasteiger partial charge in [-0.2, -0.15) is 0 Å². The predicted molar refractivity (Wildman–Crippen MR) is 139 cm³/mol. The van der Waals surface area contributed by atoms with Crippen molar-refractivity contribution in [2.45, 2.75) is 64.5 Å². The second-order valence-corrected chi connectivity index (χ2v) is 10.8. The summed E-state index contributed by atoms with van der Waals surface area (Å²) in [5, 5.41) is 7.16. The highest BCUT2D eigenvalue weighted by molar-refractivity contribution is 7.10. The summed E-state index contributed by atoms with van der Waals surface area (Å²) in [6.45, 7) is 3.50. The lowest BCUT2D eigenvalue weighted by molar-refractivity contribution is -0.127. The number of hydrogen-bond acceptors (Lipinski definition) is 5. The van der Waals surface area contributed by atoms with E-state index in [-0.39, 0.29) is 30.1 Å². The molecule has 2 aromatic heterocycles. The largest absolute Gasteiger partial charge is 0.351 e. The number of carbonyl (C=O) groups excluding carboxylic acids is 3. The molecule has 1 aliphatic rings. The third kappa shape index (κ3) is 5.65. The van der Waals surface area contributed by atoms with Gasteiger partial charge in [-0.05, 0) is 79.4 Å². The second kappa shape index (κ2) is 11.1.